The molecule has 1 heterocycles. The second-order valence-electron chi connectivity index (χ2n) is 3.64. The maximum absolute atomic E-state index is 13.6. The van der Waals surface area contributed by atoms with Gasteiger partial charge in [0, 0.05) is 0 Å². The van der Waals surface area contributed by atoms with E-state index in [0.29, 0.717) is 0 Å². The molecule has 1 N–H and O–H groups in total. The van der Waals surface area contributed by atoms with Crippen molar-refractivity contribution in [3.63, 3.8) is 0 Å². The Labute approximate surface area is 91.5 Å². The quantitative estimate of drug-likeness (QED) is 0.761. The smallest absolute Gasteiger partial charge is 0.229 e. The fraction of sp³-hybridized carbons (Fsp3) is 0.273. The summed E-state index contributed by atoms with van der Waals surface area (Å²) in [6.45, 7) is 0.0989. The number of β-amino-alcohol motifs (C(OH)–C–C–N with tert-alkyl or cyclic N) is 1. The van der Waals surface area contributed by atoms with Crippen LogP contribution in [-0.2, 0) is 4.79 Å². The molecule has 1 atom stereocenters. The van der Waals surface area contributed by atoms with Crippen LogP contribution in [0.4, 0.5) is 10.1 Å². The van der Waals surface area contributed by atoms with Crippen molar-refractivity contribution in [2.75, 3.05) is 11.4 Å². The number of carbonyl (C=O) groups excluding carboxylic acids is 1. The molecule has 1 unspecified atom stereocenters. The zero-order valence-corrected chi connectivity index (χ0v) is 8.35. The first-order chi connectivity index (χ1) is 7.61. The van der Waals surface area contributed by atoms with Crippen molar-refractivity contribution in [3.8, 4) is 6.07 Å². The fourth-order valence-corrected chi connectivity index (χ4v) is 1.72. The highest BCUT2D eigenvalue weighted by atomic mass is 19.1. The van der Waals surface area contributed by atoms with Crippen molar-refractivity contribution in [2.24, 2.45) is 0 Å². The van der Waals surface area contributed by atoms with Crippen molar-refractivity contribution in [2.45, 2.75) is 12.5 Å². The lowest BCUT2D eigenvalue weighted by Crippen LogP contribution is -2.26. The van der Waals surface area contributed by atoms with Gasteiger partial charge in [-0.25, -0.2) is 4.39 Å². The molecule has 2 rings (SSSR count). The van der Waals surface area contributed by atoms with Crippen LogP contribution in [0.5, 0.6) is 0 Å². The number of carbonyl (C=O) groups is 1. The van der Waals surface area contributed by atoms with E-state index in [4.69, 9.17) is 5.26 Å². The molecule has 0 aromatic heterocycles. The van der Waals surface area contributed by atoms with Crippen LogP contribution in [0.15, 0.2) is 18.2 Å². The summed E-state index contributed by atoms with van der Waals surface area (Å²) in [5.74, 6) is -0.933. The van der Waals surface area contributed by atoms with Crippen molar-refractivity contribution < 1.29 is 14.3 Å². The molecular formula is C11H9FN2O2. The molecule has 0 bridgehead atoms. The number of halogens is 1. The molecule has 1 aliphatic heterocycles. The minimum Gasteiger partial charge on any atom is -0.391 e. The molecular weight excluding hydrogens is 211 g/mol. The van der Waals surface area contributed by atoms with E-state index >= 15 is 0 Å². The maximum Gasteiger partial charge on any atom is 0.229 e. The number of anilines is 1. The lowest BCUT2D eigenvalue weighted by molar-refractivity contribution is -0.117. The van der Waals surface area contributed by atoms with Gasteiger partial charge in [-0.1, -0.05) is 0 Å². The molecule has 16 heavy (non-hydrogen) atoms. The summed E-state index contributed by atoms with van der Waals surface area (Å²) in [4.78, 5) is 12.6. The Bertz CT molecular complexity index is 481. The Morgan fingerprint density at radius 2 is 2.31 bits per heavy atom. The number of benzene rings is 1. The highest BCUT2D eigenvalue weighted by Crippen LogP contribution is 2.25. The zero-order chi connectivity index (χ0) is 11.7. The van der Waals surface area contributed by atoms with Crippen LogP contribution in [0.1, 0.15) is 12.0 Å². The zero-order valence-electron chi connectivity index (χ0n) is 8.35. The van der Waals surface area contributed by atoms with Crippen molar-refractivity contribution in [3.05, 3.63) is 29.6 Å². The maximum atomic E-state index is 13.6. The molecule has 1 saturated heterocycles. The fourth-order valence-electron chi connectivity index (χ4n) is 1.72. The van der Waals surface area contributed by atoms with E-state index in [1.807, 2.05) is 6.07 Å². The summed E-state index contributed by atoms with van der Waals surface area (Å²) in [6, 6.07) is 5.71. The van der Waals surface area contributed by atoms with Gasteiger partial charge in [-0.3, -0.25) is 4.79 Å². The molecule has 0 saturated carbocycles. The monoisotopic (exact) mass is 220 g/mol. The summed E-state index contributed by atoms with van der Waals surface area (Å²) in [7, 11) is 0. The van der Waals surface area contributed by atoms with Gasteiger partial charge in [0.25, 0.3) is 0 Å². The standard InChI is InChI=1S/C11H9FN2O2/c12-9-3-7(5-13)1-2-10(9)14-6-8(15)4-11(14)16/h1-3,8,15H,4,6H2. The number of rotatable bonds is 1. The van der Waals surface area contributed by atoms with Crippen LogP contribution in [0, 0.1) is 17.1 Å². The molecule has 4 nitrogen and oxygen atoms in total. The number of nitrogens with zero attached hydrogens (tertiary/aromatic N) is 2. The molecule has 1 fully saturated rings. The van der Waals surface area contributed by atoms with Crippen LogP contribution >= 0.6 is 0 Å². The highest BCUT2D eigenvalue weighted by molar-refractivity contribution is 5.96. The summed E-state index contributed by atoms with van der Waals surface area (Å²) in [5, 5.41) is 17.9. The number of hydrogen-bond acceptors (Lipinski definition) is 3. The van der Waals surface area contributed by atoms with Crippen LogP contribution in [0.25, 0.3) is 0 Å². The van der Waals surface area contributed by atoms with Gasteiger partial charge in [0.15, 0.2) is 0 Å². The van der Waals surface area contributed by atoms with E-state index in [-0.39, 0.29) is 30.1 Å². The normalized spacial score (nSPS) is 19.9. The number of hydrogen-bond donors (Lipinski definition) is 1. The van der Waals surface area contributed by atoms with Crippen LogP contribution < -0.4 is 4.90 Å². The molecule has 0 aliphatic carbocycles. The number of aliphatic hydroxyl groups excluding tert-OH is 1. The minimum absolute atomic E-state index is 0.0133. The van der Waals surface area contributed by atoms with E-state index in [1.165, 1.54) is 17.0 Å². The second kappa shape index (κ2) is 3.91. The van der Waals surface area contributed by atoms with Gasteiger partial charge in [-0.15, -0.1) is 0 Å². The second-order valence-corrected chi connectivity index (χ2v) is 3.64. The number of nitriles is 1. The third-order valence-electron chi connectivity index (χ3n) is 2.47. The van der Waals surface area contributed by atoms with E-state index in [0.717, 1.165) is 6.07 Å². The average Bonchev–Trinajstić information content (AvgIpc) is 2.57. The summed E-state index contributed by atoms with van der Waals surface area (Å²) in [6.07, 6.45) is -0.734. The van der Waals surface area contributed by atoms with Gasteiger partial charge >= 0.3 is 0 Å². The minimum atomic E-state index is -0.748. The van der Waals surface area contributed by atoms with Gasteiger partial charge in [-0.2, -0.15) is 5.26 Å². The Balaban J connectivity index is 2.35. The van der Waals surface area contributed by atoms with Gasteiger partial charge in [-0.05, 0) is 18.2 Å². The topological polar surface area (TPSA) is 64.3 Å². The third kappa shape index (κ3) is 1.75. The summed E-state index contributed by atoms with van der Waals surface area (Å²) < 4.78 is 13.6. The van der Waals surface area contributed by atoms with Crippen molar-refractivity contribution >= 4 is 11.6 Å². The summed E-state index contributed by atoms with van der Waals surface area (Å²) in [5.41, 5.74) is 0.314. The van der Waals surface area contributed by atoms with Gasteiger partial charge in [0.05, 0.1) is 36.4 Å². The average molecular weight is 220 g/mol. The van der Waals surface area contributed by atoms with Gasteiger partial charge in [0.2, 0.25) is 5.91 Å². The van der Waals surface area contributed by atoms with Gasteiger partial charge in [0.1, 0.15) is 5.82 Å². The molecule has 5 heteroatoms. The van der Waals surface area contributed by atoms with Crippen molar-refractivity contribution in [1.29, 1.82) is 5.26 Å². The molecule has 1 aromatic rings. The number of aliphatic hydroxyl groups is 1. The van der Waals surface area contributed by atoms with E-state index < -0.39 is 11.9 Å². The predicted molar refractivity (Wildman–Crippen MR) is 54.1 cm³/mol. The molecule has 1 aromatic carbocycles. The molecule has 1 aliphatic rings. The Hall–Kier alpha value is -1.93. The first-order valence-electron chi connectivity index (χ1n) is 4.80. The lowest BCUT2D eigenvalue weighted by atomic mass is 10.2. The van der Waals surface area contributed by atoms with Crippen LogP contribution in [-0.4, -0.2) is 23.7 Å². The molecule has 82 valence electrons. The lowest BCUT2D eigenvalue weighted by Gasteiger charge is -2.16. The van der Waals surface area contributed by atoms with Gasteiger partial charge < -0.3 is 10.0 Å². The Morgan fingerprint density at radius 1 is 1.56 bits per heavy atom. The third-order valence-corrected chi connectivity index (χ3v) is 2.47. The molecule has 0 radical (unpaired) electrons. The Kier molecular flexibility index (Phi) is 2.59. The molecule has 0 spiro atoms. The molecule has 1 amide bonds. The largest absolute Gasteiger partial charge is 0.391 e. The van der Waals surface area contributed by atoms with E-state index in [1.54, 1.807) is 0 Å². The van der Waals surface area contributed by atoms with E-state index in [9.17, 15) is 14.3 Å². The SMILES string of the molecule is N#Cc1ccc(N2CC(O)CC2=O)c(F)c1. The predicted octanol–water partition coefficient (Wildman–Crippen LogP) is 0.795. The number of amides is 1. The van der Waals surface area contributed by atoms with Crippen LogP contribution in [0.2, 0.25) is 0 Å². The first-order valence-corrected chi connectivity index (χ1v) is 4.80. The first kappa shape index (κ1) is 10.6. The van der Waals surface area contributed by atoms with Crippen molar-refractivity contribution in [1.82, 2.24) is 0 Å². The highest BCUT2D eigenvalue weighted by Gasteiger charge is 2.30. The van der Waals surface area contributed by atoms with E-state index in [2.05, 4.69) is 0 Å². The Morgan fingerprint density at radius 3 is 2.81 bits per heavy atom. The summed E-state index contributed by atoms with van der Waals surface area (Å²) >= 11 is 0. The van der Waals surface area contributed by atoms with Crippen LogP contribution in [0.3, 0.4) is 0 Å².